The van der Waals surface area contributed by atoms with Crippen molar-refractivity contribution in [1.82, 2.24) is 0 Å². The van der Waals surface area contributed by atoms with Crippen molar-refractivity contribution in [3.63, 3.8) is 0 Å². The molecule has 0 aliphatic carbocycles. The molecule has 8 heteroatoms. The zero-order valence-electron chi connectivity index (χ0n) is 15.5. The van der Waals surface area contributed by atoms with Crippen molar-refractivity contribution >= 4 is 44.3 Å². The molecule has 0 aliphatic rings. The average Bonchev–Trinajstić information content (AvgIpc) is 3.23. The van der Waals surface area contributed by atoms with Gasteiger partial charge in [0.1, 0.15) is 0 Å². The molecule has 0 amide bonds. The molecule has 6 nitrogen and oxygen atoms in total. The van der Waals surface area contributed by atoms with Crippen molar-refractivity contribution in [2.75, 3.05) is 10.0 Å². The number of rotatable bonds is 8. The van der Waals surface area contributed by atoms with Crippen molar-refractivity contribution < 1.29 is 18.0 Å². The highest BCUT2D eigenvalue weighted by atomic mass is 32.2. The molecule has 0 fully saturated rings. The first-order chi connectivity index (χ1) is 13.8. The summed E-state index contributed by atoms with van der Waals surface area (Å²) in [5, 5.41) is 4.77. The predicted octanol–water partition coefficient (Wildman–Crippen LogP) is 4.56. The molecule has 0 saturated heterocycles. The molecule has 0 bridgehead atoms. The molecule has 3 rings (SSSR count). The van der Waals surface area contributed by atoms with Crippen LogP contribution < -0.4 is 10.0 Å². The van der Waals surface area contributed by atoms with Crippen LogP contribution in [0.3, 0.4) is 0 Å². The van der Waals surface area contributed by atoms with Crippen LogP contribution in [0, 0.1) is 0 Å². The Morgan fingerprint density at radius 1 is 0.966 bits per heavy atom. The number of anilines is 2. The quantitative estimate of drug-likeness (QED) is 0.407. The van der Waals surface area contributed by atoms with Gasteiger partial charge in [0, 0.05) is 29.2 Å². The lowest BCUT2D eigenvalue weighted by Gasteiger charge is -2.09. The third kappa shape index (κ3) is 5.40. The van der Waals surface area contributed by atoms with Crippen LogP contribution in [0.2, 0.25) is 0 Å². The maximum Gasteiger partial charge on any atom is 0.261 e. The standard InChI is InChI=1S/C21H18N2O4S2/c1-15(24)16-4-2-5-18(14-16)23-29(26,27)19-9-7-17(8-10-19)22-12-11-20(25)21-6-3-13-28-21/h2-14,22-23H,1H3/b12-11+. The minimum atomic E-state index is -3.80. The van der Waals surface area contributed by atoms with Gasteiger partial charge in [-0.2, -0.15) is 0 Å². The van der Waals surface area contributed by atoms with Crippen molar-refractivity contribution in [1.29, 1.82) is 0 Å². The number of hydrogen-bond donors (Lipinski definition) is 2. The van der Waals surface area contributed by atoms with E-state index in [4.69, 9.17) is 0 Å². The van der Waals surface area contributed by atoms with Crippen LogP contribution in [-0.2, 0) is 10.0 Å². The maximum absolute atomic E-state index is 12.6. The van der Waals surface area contributed by atoms with Crippen LogP contribution in [0.25, 0.3) is 0 Å². The third-order valence-electron chi connectivity index (χ3n) is 3.93. The summed E-state index contributed by atoms with van der Waals surface area (Å²) in [6.07, 6.45) is 2.93. The van der Waals surface area contributed by atoms with E-state index in [9.17, 15) is 18.0 Å². The molecule has 0 spiro atoms. The van der Waals surface area contributed by atoms with E-state index in [2.05, 4.69) is 10.0 Å². The van der Waals surface area contributed by atoms with Crippen molar-refractivity contribution in [3.8, 4) is 0 Å². The molecule has 0 atom stereocenters. The molecule has 0 unspecified atom stereocenters. The summed E-state index contributed by atoms with van der Waals surface area (Å²) < 4.78 is 27.6. The van der Waals surface area contributed by atoms with Gasteiger partial charge in [-0.3, -0.25) is 14.3 Å². The van der Waals surface area contributed by atoms with Crippen molar-refractivity contribution in [2.24, 2.45) is 0 Å². The minimum Gasteiger partial charge on any atom is -0.362 e. The van der Waals surface area contributed by atoms with Crippen LogP contribution in [0.4, 0.5) is 11.4 Å². The lowest BCUT2D eigenvalue weighted by atomic mass is 10.1. The van der Waals surface area contributed by atoms with Gasteiger partial charge >= 0.3 is 0 Å². The van der Waals surface area contributed by atoms with E-state index in [0.717, 1.165) is 0 Å². The number of benzene rings is 2. The van der Waals surface area contributed by atoms with Crippen LogP contribution in [0.15, 0.2) is 83.2 Å². The number of Topliss-reactive ketones (excluding diaryl/α,β-unsaturated/α-hetero) is 1. The Hall–Kier alpha value is -3.23. The fraction of sp³-hybridized carbons (Fsp3) is 0.0476. The molecule has 148 valence electrons. The molecule has 29 heavy (non-hydrogen) atoms. The van der Waals surface area contributed by atoms with Crippen LogP contribution >= 0.6 is 11.3 Å². The number of hydrogen-bond acceptors (Lipinski definition) is 6. The van der Waals surface area contributed by atoms with E-state index in [1.54, 1.807) is 36.4 Å². The highest BCUT2D eigenvalue weighted by Crippen LogP contribution is 2.19. The lowest BCUT2D eigenvalue weighted by molar-refractivity contribution is 0.101. The lowest BCUT2D eigenvalue weighted by Crippen LogP contribution is -2.13. The van der Waals surface area contributed by atoms with E-state index in [0.29, 0.717) is 21.8 Å². The Morgan fingerprint density at radius 2 is 1.72 bits per heavy atom. The fourth-order valence-corrected chi connectivity index (χ4v) is 4.16. The van der Waals surface area contributed by atoms with Gasteiger partial charge in [0.15, 0.2) is 11.6 Å². The van der Waals surface area contributed by atoms with E-state index in [-0.39, 0.29) is 16.5 Å². The summed E-state index contributed by atoms with van der Waals surface area (Å²) >= 11 is 1.36. The van der Waals surface area contributed by atoms with Gasteiger partial charge in [-0.25, -0.2) is 8.42 Å². The maximum atomic E-state index is 12.6. The second-order valence-electron chi connectivity index (χ2n) is 6.09. The minimum absolute atomic E-state index is 0.0786. The Morgan fingerprint density at radius 3 is 2.38 bits per heavy atom. The first-order valence-corrected chi connectivity index (χ1v) is 11.0. The van der Waals surface area contributed by atoms with Gasteiger partial charge in [0.05, 0.1) is 9.77 Å². The molecule has 2 N–H and O–H groups in total. The Labute approximate surface area is 173 Å². The highest BCUT2D eigenvalue weighted by Gasteiger charge is 2.14. The van der Waals surface area contributed by atoms with E-state index in [1.165, 1.54) is 48.7 Å². The third-order valence-corrected chi connectivity index (χ3v) is 6.22. The summed E-state index contributed by atoms with van der Waals surface area (Å²) in [4.78, 5) is 24.1. The molecule has 0 aliphatic heterocycles. The number of nitrogens with one attached hydrogen (secondary N) is 2. The first kappa shape index (κ1) is 20.5. The molecular formula is C21H18N2O4S2. The van der Waals surface area contributed by atoms with Crippen molar-refractivity contribution in [2.45, 2.75) is 11.8 Å². The zero-order chi connectivity index (χ0) is 20.9. The summed E-state index contributed by atoms with van der Waals surface area (Å²) in [5.41, 5.74) is 1.38. The van der Waals surface area contributed by atoms with E-state index in [1.807, 2.05) is 11.4 Å². The molecule has 1 heterocycles. The van der Waals surface area contributed by atoms with Crippen molar-refractivity contribution in [3.05, 3.63) is 88.8 Å². The number of ketones is 2. The van der Waals surface area contributed by atoms with Gasteiger partial charge in [-0.15, -0.1) is 11.3 Å². The SMILES string of the molecule is CC(=O)c1cccc(NS(=O)(=O)c2ccc(N/C=C/C(=O)c3cccs3)cc2)c1. The largest absolute Gasteiger partial charge is 0.362 e. The van der Waals surface area contributed by atoms with Gasteiger partial charge in [-0.05, 0) is 54.8 Å². The van der Waals surface area contributed by atoms with Gasteiger partial charge in [0.25, 0.3) is 10.0 Å². The van der Waals surface area contributed by atoms with Gasteiger partial charge < -0.3 is 5.32 Å². The highest BCUT2D eigenvalue weighted by molar-refractivity contribution is 7.92. The molecule has 3 aromatic rings. The number of sulfonamides is 1. The molecule has 0 saturated carbocycles. The Balaban J connectivity index is 1.66. The summed E-state index contributed by atoms with van der Waals surface area (Å²) in [5.74, 6) is -0.254. The molecular weight excluding hydrogens is 408 g/mol. The van der Waals surface area contributed by atoms with Gasteiger partial charge in [0.2, 0.25) is 0 Å². The molecule has 1 aromatic heterocycles. The second-order valence-corrected chi connectivity index (χ2v) is 8.72. The average molecular weight is 427 g/mol. The predicted molar refractivity (Wildman–Crippen MR) is 115 cm³/mol. The summed E-state index contributed by atoms with van der Waals surface area (Å²) in [6.45, 7) is 1.42. The Bertz CT molecular complexity index is 1150. The van der Waals surface area contributed by atoms with Crippen LogP contribution in [0.1, 0.15) is 27.0 Å². The van der Waals surface area contributed by atoms with E-state index < -0.39 is 10.0 Å². The first-order valence-electron chi connectivity index (χ1n) is 8.60. The topological polar surface area (TPSA) is 92.3 Å². The summed E-state index contributed by atoms with van der Waals surface area (Å²) in [6, 6.07) is 16.0. The Kier molecular flexibility index (Phi) is 6.26. The van der Waals surface area contributed by atoms with Crippen LogP contribution in [-0.4, -0.2) is 20.0 Å². The normalized spacial score (nSPS) is 11.3. The smallest absolute Gasteiger partial charge is 0.261 e. The molecule has 0 radical (unpaired) electrons. The number of carbonyl (C=O) groups excluding carboxylic acids is 2. The number of thiophene rings is 1. The molecule has 2 aromatic carbocycles. The monoisotopic (exact) mass is 426 g/mol. The van der Waals surface area contributed by atoms with E-state index >= 15 is 0 Å². The fourth-order valence-electron chi connectivity index (χ4n) is 2.46. The van der Waals surface area contributed by atoms with Crippen LogP contribution in [0.5, 0.6) is 0 Å². The zero-order valence-corrected chi connectivity index (χ0v) is 17.1. The second kappa shape index (κ2) is 8.85. The summed E-state index contributed by atoms with van der Waals surface area (Å²) in [7, 11) is -3.80. The number of allylic oxidation sites excluding steroid dienone is 1. The number of carbonyl (C=O) groups is 2. The van der Waals surface area contributed by atoms with Gasteiger partial charge in [-0.1, -0.05) is 18.2 Å².